The maximum Gasteiger partial charge on any atom is 0.239 e. The number of amides is 2. The molecule has 5 heteroatoms. The summed E-state index contributed by atoms with van der Waals surface area (Å²) in [4.78, 5) is 24.8. The number of anilines is 1. The van der Waals surface area contributed by atoms with Gasteiger partial charge in [-0.05, 0) is 63.1 Å². The molecule has 0 spiro atoms. The zero-order valence-electron chi connectivity index (χ0n) is 13.9. The van der Waals surface area contributed by atoms with Crippen molar-refractivity contribution in [1.82, 2.24) is 5.32 Å². The minimum Gasteiger partial charge on any atom is -0.467 e. The average molecular weight is 314 g/mol. The number of rotatable bonds is 5. The van der Waals surface area contributed by atoms with Gasteiger partial charge in [-0.3, -0.25) is 9.59 Å². The molecule has 0 bridgehead atoms. The quantitative estimate of drug-likeness (QED) is 0.833. The number of carbonyl (C=O) groups is 2. The highest BCUT2D eigenvalue weighted by Gasteiger charge is 2.36. The molecule has 0 fully saturated rings. The van der Waals surface area contributed by atoms with E-state index in [2.05, 4.69) is 10.6 Å². The molecule has 0 saturated heterocycles. The van der Waals surface area contributed by atoms with Crippen molar-refractivity contribution < 1.29 is 14.0 Å². The van der Waals surface area contributed by atoms with Gasteiger partial charge in [0.1, 0.15) is 11.2 Å². The minimum absolute atomic E-state index is 0.256. The minimum atomic E-state index is -1.19. The van der Waals surface area contributed by atoms with Gasteiger partial charge in [0.2, 0.25) is 11.8 Å². The Balaban J connectivity index is 2.02. The van der Waals surface area contributed by atoms with Crippen LogP contribution < -0.4 is 10.6 Å². The summed E-state index contributed by atoms with van der Waals surface area (Å²) in [7, 11) is 0. The number of aryl methyl sites for hydroxylation is 2. The van der Waals surface area contributed by atoms with E-state index in [0.717, 1.165) is 11.1 Å². The lowest BCUT2D eigenvalue weighted by atomic mass is 9.90. The highest BCUT2D eigenvalue weighted by molar-refractivity contribution is 6.09. The van der Waals surface area contributed by atoms with Crippen LogP contribution in [0.15, 0.2) is 41.0 Å². The van der Waals surface area contributed by atoms with Crippen molar-refractivity contribution in [1.29, 1.82) is 0 Å². The van der Waals surface area contributed by atoms with Crippen molar-refractivity contribution in [3.05, 3.63) is 53.5 Å². The first-order chi connectivity index (χ1) is 10.8. The van der Waals surface area contributed by atoms with E-state index in [1.165, 1.54) is 0 Å². The average Bonchev–Trinajstić information content (AvgIpc) is 2.96. The highest BCUT2D eigenvalue weighted by Crippen LogP contribution is 2.21. The van der Waals surface area contributed by atoms with Crippen LogP contribution in [-0.2, 0) is 16.1 Å². The van der Waals surface area contributed by atoms with Crippen LogP contribution in [0.4, 0.5) is 5.69 Å². The largest absolute Gasteiger partial charge is 0.467 e. The molecule has 1 aromatic carbocycles. The van der Waals surface area contributed by atoms with Crippen LogP contribution in [0.3, 0.4) is 0 Å². The number of furan rings is 1. The van der Waals surface area contributed by atoms with E-state index >= 15 is 0 Å². The summed E-state index contributed by atoms with van der Waals surface area (Å²) in [5.41, 5.74) is 1.62. The Hall–Kier alpha value is -2.56. The van der Waals surface area contributed by atoms with Gasteiger partial charge in [-0.25, -0.2) is 0 Å². The predicted molar refractivity (Wildman–Crippen MR) is 88.9 cm³/mol. The fraction of sp³-hybridized carbons (Fsp3) is 0.333. The van der Waals surface area contributed by atoms with E-state index in [-0.39, 0.29) is 18.4 Å². The normalized spacial score (nSPS) is 11.1. The van der Waals surface area contributed by atoms with Gasteiger partial charge in [0.05, 0.1) is 12.8 Å². The summed E-state index contributed by atoms with van der Waals surface area (Å²) < 4.78 is 5.16. The van der Waals surface area contributed by atoms with Gasteiger partial charge in [0.15, 0.2) is 0 Å². The zero-order chi connectivity index (χ0) is 17.0. The van der Waals surface area contributed by atoms with Gasteiger partial charge in [-0.15, -0.1) is 0 Å². The number of hydrogen-bond donors (Lipinski definition) is 2. The zero-order valence-corrected chi connectivity index (χ0v) is 13.9. The molecule has 1 aromatic heterocycles. The molecule has 0 atom stereocenters. The summed E-state index contributed by atoms with van der Waals surface area (Å²) in [5.74, 6) is -0.0564. The Morgan fingerprint density at radius 1 is 1.09 bits per heavy atom. The SMILES string of the molecule is Cc1cc(C)cc(NC(=O)C(C)(C)C(=O)NCc2ccco2)c1. The van der Waals surface area contributed by atoms with Crippen LogP contribution in [0.2, 0.25) is 0 Å². The monoisotopic (exact) mass is 314 g/mol. The van der Waals surface area contributed by atoms with E-state index in [4.69, 9.17) is 4.42 Å². The summed E-state index contributed by atoms with van der Waals surface area (Å²) in [6, 6.07) is 9.29. The van der Waals surface area contributed by atoms with E-state index in [0.29, 0.717) is 11.4 Å². The number of nitrogens with one attached hydrogen (secondary N) is 2. The number of carbonyl (C=O) groups excluding carboxylic acids is 2. The Labute approximate surface area is 136 Å². The van der Waals surface area contributed by atoms with E-state index < -0.39 is 5.41 Å². The molecule has 2 aromatic rings. The second-order valence-corrected chi connectivity index (χ2v) is 6.22. The lowest BCUT2D eigenvalue weighted by molar-refractivity contribution is -0.138. The predicted octanol–water partition coefficient (Wildman–Crippen LogP) is 3.18. The fourth-order valence-corrected chi connectivity index (χ4v) is 2.24. The van der Waals surface area contributed by atoms with E-state index in [1.807, 2.05) is 32.0 Å². The van der Waals surface area contributed by atoms with Gasteiger partial charge in [0.25, 0.3) is 0 Å². The maximum atomic E-state index is 12.5. The van der Waals surface area contributed by atoms with Crippen LogP contribution in [0, 0.1) is 19.3 Å². The molecule has 1 heterocycles. The van der Waals surface area contributed by atoms with Crippen molar-refractivity contribution in [2.45, 2.75) is 34.2 Å². The van der Waals surface area contributed by atoms with Crippen molar-refractivity contribution >= 4 is 17.5 Å². The lowest BCUT2D eigenvalue weighted by Gasteiger charge is -2.22. The molecular formula is C18H22N2O3. The Morgan fingerprint density at radius 2 is 1.74 bits per heavy atom. The summed E-state index contributed by atoms with van der Waals surface area (Å²) >= 11 is 0. The molecule has 0 radical (unpaired) electrons. The lowest BCUT2D eigenvalue weighted by Crippen LogP contribution is -2.44. The van der Waals surface area contributed by atoms with Gasteiger partial charge in [0, 0.05) is 5.69 Å². The van der Waals surface area contributed by atoms with Crippen molar-refractivity contribution in [2.24, 2.45) is 5.41 Å². The second kappa shape index (κ2) is 6.69. The van der Waals surface area contributed by atoms with Crippen molar-refractivity contribution in [3.8, 4) is 0 Å². The molecule has 2 amide bonds. The van der Waals surface area contributed by atoms with Crippen LogP contribution in [0.25, 0.3) is 0 Å². The molecule has 0 aliphatic rings. The van der Waals surface area contributed by atoms with E-state index in [9.17, 15) is 9.59 Å². The van der Waals surface area contributed by atoms with Crippen molar-refractivity contribution in [3.63, 3.8) is 0 Å². The topological polar surface area (TPSA) is 71.3 Å². The Bertz CT molecular complexity index is 683. The molecule has 5 nitrogen and oxygen atoms in total. The van der Waals surface area contributed by atoms with Gasteiger partial charge < -0.3 is 15.1 Å². The second-order valence-electron chi connectivity index (χ2n) is 6.22. The molecule has 23 heavy (non-hydrogen) atoms. The third-order valence-corrected chi connectivity index (χ3v) is 3.62. The molecule has 0 aliphatic heterocycles. The van der Waals surface area contributed by atoms with Crippen LogP contribution >= 0.6 is 0 Å². The van der Waals surface area contributed by atoms with Crippen LogP contribution in [-0.4, -0.2) is 11.8 Å². The third kappa shape index (κ3) is 4.22. The van der Waals surface area contributed by atoms with Crippen LogP contribution in [0.5, 0.6) is 0 Å². The number of benzene rings is 1. The number of hydrogen-bond acceptors (Lipinski definition) is 3. The maximum absolute atomic E-state index is 12.5. The smallest absolute Gasteiger partial charge is 0.239 e. The third-order valence-electron chi connectivity index (χ3n) is 3.62. The molecule has 122 valence electrons. The highest BCUT2D eigenvalue weighted by atomic mass is 16.3. The summed E-state index contributed by atoms with van der Waals surface area (Å²) in [6.07, 6.45) is 1.54. The Morgan fingerprint density at radius 3 is 2.30 bits per heavy atom. The van der Waals surface area contributed by atoms with Gasteiger partial charge in [-0.1, -0.05) is 6.07 Å². The Kier molecular flexibility index (Phi) is 4.89. The van der Waals surface area contributed by atoms with Crippen LogP contribution in [0.1, 0.15) is 30.7 Å². The first kappa shape index (κ1) is 16.8. The molecule has 0 saturated carbocycles. The first-order valence-corrected chi connectivity index (χ1v) is 7.49. The fourth-order valence-electron chi connectivity index (χ4n) is 2.24. The summed E-state index contributed by atoms with van der Waals surface area (Å²) in [6.45, 7) is 7.38. The molecular weight excluding hydrogens is 292 g/mol. The first-order valence-electron chi connectivity index (χ1n) is 7.49. The molecule has 0 unspecified atom stereocenters. The molecule has 2 N–H and O–H groups in total. The van der Waals surface area contributed by atoms with Crippen molar-refractivity contribution in [2.75, 3.05) is 5.32 Å². The molecule has 2 rings (SSSR count). The molecule has 0 aliphatic carbocycles. The van der Waals surface area contributed by atoms with Gasteiger partial charge in [-0.2, -0.15) is 0 Å². The summed E-state index contributed by atoms with van der Waals surface area (Å²) in [5, 5.41) is 5.54. The van der Waals surface area contributed by atoms with E-state index in [1.54, 1.807) is 32.2 Å². The van der Waals surface area contributed by atoms with Gasteiger partial charge >= 0.3 is 0 Å². The standard InChI is InChI=1S/C18H22N2O3/c1-12-8-13(2)10-14(9-12)20-17(22)18(3,4)16(21)19-11-15-6-5-7-23-15/h5-10H,11H2,1-4H3,(H,19,21)(H,20,22).